The Bertz CT molecular complexity index is 137. The lowest BCUT2D eigenvalue weighted by molar-refractivity contribution is 0.753. The highest BCUT2D eigenvalue weighted by molar-refractivity contribution is 5.07. The van der Waals surface area contributed by atoms with Gasteiger partial charge in [0.25, 0.3) is 0 Å². The maximum absolute atomic E-state index is 3.28. The van der Waals surface area contributed by atoms with E-state index in [0.717, 1.165) is 19.6 Å². The number of nitrogens with one attached hydrogen (secondary N) is 2. The molecule has 0 amide bonds. The zero-order valence-electron chi connectivity index (χ0n) is 6.41. The van der Waals surface area contributed by atoms with Crippen LogP contribution in [0.3, 0.4) is 0 Å². The molecule has 0 aromatic rings. The molecule has 0 saturated carbocycles. The van der Waals surface area contributed by atoms with Crippen LogP contribution in [0.1, 0.15) is 6.42 Å². The monoisotopic (exact) mass is 138 g/mol. The van der Waals surface area contributed by atoms with Crippen molar-refractivity contribution in [3.05, 3.63) is 0 Å². The zero-order valence-corrected chi connectivity index (χ0v) is 6.41. The van der Waals surface area contributed by atoms with E-state index in [4.69, 9.17) is 0 Å². The Morgan fingerprint density at radius 2 is 2.60 bits per heavy atom. The van der Waals surface area contributed by atoms with Gasteiger partial charge in [0.1, 0.15) is 0 Å². The van der Waals surface area contributed by atoms with Crippen molar-refractivity contribution in [2.45, 2.75) is 6.42 Å². The molecular formula is C8H14N2. The fourth-order valence-electron chi connectivity index (χ4n) is 1.06. The van der Waals surface area contributed by atoms with Gasteiger partial charge < -0.3 is 10.6 Å². The molecule has 0 bridgehead atoms. The number of hydrogen-bond donors (Lipinski definition) is 2. The highest BCUT2D eigenvalue weighted by Crippen LogP contribution is 2.04. The lowest BCUT2D eigenvalue weighted by Crippen LogP contribution is -2.08. The van der Waals surface area contributed by atoms with Crippen molar-refractivity contribution in [1.82, 2.24) is 10.6 Å². The Hall–Kier alpha value is -0.520. The molecule has 1 saturated heterocycles. The first-order chi connectivity index (χ1) is 4.93. The van der Waals surface area contributed by atoms with Crippen LogP contribution in [0, 0.1) is 17.8 Å². The summed E-state index contributed by atoms with van der Waals surface area (Å²) in [6, 6.07) is 0. The summed E-state index contributed by atoms with van der Waals surface area (Å²) in [6.45, 7) is 3.03. The molecule has 1 atom stereocenters. The van der Waals surface area contributed by atoms with Crippen molar-refractivity contribution < 1.29 is 0 Å². The predicted molar refractivity (Wildman–Crippen MR) is 42.7 cm³/mol. The molecule has 1 heterocycles. The topological polar surface area (TPSA) is 24.1 Å². The summed E-state index contributed by atoms with van der Waals surface area (Å²) in [5.74, 6) is 6.89. The maximum Gasteiger partial charge on any atom is 0.0574 e. The van der Waals surface area contributed by atoms with Gasteiger partial charge >= 0.3 is 0 Å². The minimum absolute atomic E-state index is 0.605. The summed E-state index contributed by atoms with van der Waals surface area (Å²) >= 11 is 0. The van der Waals surface area contributed by atoms with Crippen LogP contribution in [-0.4, -0.2) is 26.7 Å². The van der Waals surface area contributed by atoms with Gasteiger partial charge in [0.2, 0.25) is 0 Å². The molecule has 0 aliphatic carbocycles. The predicted octanol–water partition coefficient (Wildman–Crippen LogP) is -0.181. The van der Waals surface area contributed by atoms with Gasteiger partial charge in [-0.05, 0) is 20.0 Å². The summed E-state index contributed by atoms with van der Waals surface area (Å²) < 4.78 is 0. The second-order valence-electron chi connectivity index (χ2n) is 2.54. The third-order valence-electron chi connectivity index (χ3n) is 1.63. The largest absolute Gasteiger partial charge is 0.315 e. The van der Waals surface area contributed by atoms with Crippen molar-refractivity contribution in [1.29, 1.82) is 0 Å². The lowest BCUT2D eigenvalue weighted by atomic mass is 10.1. The van der Waals surface area contributed by atoms with Crippen LogP contribution in [0.25, 0.3) is 0 Å². The molecule has 0 spiro atoms. The van der Waals surface area contributed by atoms with E-state index >= 15 is 0 Å². The molecule has 10 heavy (non-hydrogen) atoms. The van der Waals surface area contributed by atoms with Crippen LogP contribution in [0.5, 0.6) is 0 Å². The Labute approximate surface area is 62.4 Å². The SMILES string of the molecule is CNCC#CC1CCNC1. The van der Waals surface area contributed by atoms with E-state index in [2.05, 4.69) is 22.5 Å². The first-order valence-corrected chi connectivity index (χ1v) is 3.77. The molecule has 0 aromatic heterocycles. The van der Waals surface area contributed by atoms with Crippen LogP contribution in [0.4, 0.5) is 0 Å². The molecular weight excluding hydrogens is 124 g/mol. The highest BCUT2D eigenvalue weighted by atomic mass is 14.9. The zero-order chi connectivity index (χ0) is 7.23. The van der Waals surface area contributed by atoms with Gasteiger partial charge in [-0.25, -0.2) is 0 Å². The summed E-state index contributed by atoms with van der Waals surface area (Å²) in [6.07, 6.45) is 1.22. The van der Waals surface area contributed by atoms with Crippen molar-refractivity contribution in [3.63, 3.8) is 0 Å². The highest BCUT2D eigenvalue weighted by Gasteiger charge is 2.09. The second-order valence-corrected chi connectivity index (χ2v) is 2.54. The van der Waals surface area contributed by atoms with Crippen molar-refractivity contribution in [2.24, 2.45) is 5.92 Å². The fourth-order valence-corrected chi connectivity index (χ4v) is 1.06. The van der Waals surface area contributed by atoms with Crippen LogP contribution in [0.2, 0.25) is 0 Å². The van der Waals surface area contributed by atoms with E-state index in [-0.39, 0.29) is 0 Å². The second kappa shape index (κ2) is 4.32. The quantitative estimate of drug-likeness (QED) is 0.491. The summed E-state index contributed by atoms with van der Waals surface area (Å²) in [7, 11) is 1.92. The Kier molecular flexibility index (Phi) is 3.28. The fraction of sp³-hybridized carbons (Fsp3) is 0.750. The molecule has 2 N–H and O–H groups in total. The maximum atomic E-state index is 3.28. The molecule has 0 radical (unpaired) electrons. The Balaban J connectivity index is 2.17. The third kappa shape index (κ3) is 2.38. The number of rotatable bonds is 1. The van der Waals surface area contributed by atoms with Gasteiger partial charge in [0, 0.05) is 12.5 Å². The minimum Gasteiger partial charge on any atom is -0.315 e. The van der Waals surface area contributed by atoms with E-state index in [0.29, 0.717) is 5.92 Å². The minimum atomic E-state index is 0.605. The normalized spacial score (nSPS) is 23.9. The van der Waals surface area contributed by atoms with Crippen LogP contribution >= 0.6 is 0 Å². The molecule has 2 heteroatoms. The molecule has 1 unspecified atom stereocenters. The lowest BCUT2D eigenvalue weighted by Gasteiger charge is -1.93. The van der Waals surface area contributed by atoms with Crippen molar-refractivity contribution in [3.8, 4) is 11.8 Å². The molecule has 0 aromatic carbocycles. The summed E-state index contributed by atoms with van der Waals surface area (Å²) in [4.78, 5) is 0. The molecule has 56 valence electrons. The summed E-state index contributed by atoms with van der Waals surface area (Å²) in [5, 5.41) is 6.27. The van der Waals surface area contributed by atoms with Gasteiger partial charge in [-0.3, -0.25) is 0 Å². The van der Waals surface area contributed by atoms with Crippen LogP contribution in [-0.2, 0) is 0 Å². The smallest absolute Gasteiger partial charge is 0.0574 e. The molecule has 1 fully saturated rings. The standard InChI is InChI=1S/C8H14N2/c1-9-5-2-3-8-4-6-10-7-8/h8-10H,4-7H2,1H3. The van der Waals surface area contributed by atoms with E-state index in [1.807, 2.05) is 7.05 Å². The van der Waals surface area contributed by atoms with E-state index in [1.54, 1.807) is 0 Å². The Morgan fingerprint density at radius 1 is 1.70 bits per heavy atom. The molecule has 1 aliphatic rings. The molecule has 1 aliphatic heterocycles. The van der Waals surface area contributed by atoms with Gasteiger partial charge in [-0.2, -0.15) is 0 Å². The molecule has 2 nitrogen and oxygen atoms in total. The van der Waals surface area contributed by atoms with Gasteiger partial charge in [0.05, 0.1) is 6.54 Å². The van der Waals surface area contributed by atoms with Gasteiger partial charge in [-0.1, -0.05) is 11.8 Å². The average Bonchev–Trinajstić information content (AvgIpc) is 2.41. The average molecular weight is 138 g/mol. The van der Waals surface area contributed by atoms with Gasteiger partial charge in [0.15, 0.2) is 0 Å². The number of hydrogen-bond acceptors (Lipinski definition) is 2. The Morgan fingerprint density at radius 3 is 3.20 bits per heavy atom. The molecule has 1 rings (SSSR count). The first-order valence-electron chi connectivity index (χ1n) is 3.77. The van der Waals surface area contributed by atoms with E-state index in [1.165, 1.54) is 6.42 Å². The van der Waals surface area contributed by atoms with Crippen LogP contribution in [0.15, 0.2) is 0 Å². The van der Waals surface area contributed by atoms with Crippen molar-refractivity contribution in [2.75, 3.05) is 26.7 Å². The van der Waals surface area contributed by atoms with Crippen molar-refractivity contribution >= 4 is 0 Å². The van der Waals surface area contributed by atoms with E-state index < -0.39 is 0 Å². The summed E-state index contributed by atoms with van der Waals surface area (Å²) in [5.41, 5.74) is 0. The van der Waals surface area contributed by atoms with Gasteiger partial charge in [-0.15, -0.1) is 0 Å². The third-order valence-corrected chi connectivity index (χ3v) is 1.63. The van der Waals surface area contributed by atoms with Crippen LogP contribution < -0.4 is 10.6 Å². The first kappa shape index (κ1) is 7.59. The van der Waals surface area contributed by atoms with E-state index in [9.17, 15) is 0 Å².